The molecule has 27 heavy (non-hydrogen) atoms. The van der Waals surface area contributed by atoms with Gasteiger partial charge in [0.05, 0.1) is 4.91 Å². The van der Waals surface area contributed by atoms with Gasteiger partial charge >= 0.3 is 6.03 Å². The van der Waals surface area contributed by atoms with Gasteiger partial charge in [0.1, 0.15) is 12.1 Å². The molecular formula is C16H16N4O5S2. The second-order valence-corrected chi connectivity index (χ2v) is 8.05. The van der Waals surface area contributed by atoms with Gasteiger partial charge in [-0.05, 0) is 42.6 Å². The van der Waals surface area contributed by atoms with Crippen molar-refractivity contribution in [2.45, 2.75) is 25.8 Å². The van der Waals surface area contributed by atoms with Crippen molar-refractivity contribution in [2.75, 3.05) is 6.54 Å². The van der Waals surface area contributed by atoms with Crippen LogP contribution in [0.2, 0.25) is 0 Å². The molecule has 2 saturated heterocycles. The number of urea groups is 1. The van der Waals surface area contributed by atoms with Gasteiger partial charge < -0.3 is 5.32 Å². The van der Waals surface area contributed by atoms with Crippen LogP contribution in [-0.2, 0) is 14.4 Å². The molecule has 1 atom stereocenters. The third-order valence-corrected chi connectivity index (χ3v) is 5.92. The van der Waals surface area contributed by atoms with Crippen LogP contribution >= 0.6 is 23.1 Å². The molecule has 1 aromatic heterocycles. The Kier molecular flexibility index (Phi) is 5.07. The Morgan fingerprint density at radius 1 is 1.33 bits per heavy atom. The minimum atomic E-state index is -1.10. The Morgan fingerprint density at radius 3 is 2.67 bits per heavy atom. The molecule has 0 unspecified atom stereocenters. The fourth-order valence-corrected chi connectivity index (χ4v) is 4.03. The highest BCUT2D eigenvalue weighted by Crippen LogP contribution is 2.32. The van der Waals surface area contributed by atoms with E-state index in [-0.39, 0.29) is 4.91 Å². The van der Waals surface area contributed by atoms with Crippen LogP contribution in [-0.4, -0.2) is 51.0 Å². The first-order chi connectivity index (χ1) is 12.7. The second-order valence-electron chi connectivity index (χ2n) is 6.07. The lowest BCUT2D eigenvalue weighted by atomic mass is 10.00. The van der Waals surface area contributed by atoms with E-state index < -0.39 is 41.1 Å². The normalized spacial score (nSPS) is 24.1. The summed E-state index contributed by atoms with van der Waals surface area (Å²) in [7, 11) is 0. The fourth-order valence-electron chi connectivity index (χ4n) is 2.47. The first kappa shape index (κ1) is 19.1. The molecule has 0 spiro atoms. The summed E-state index contributed by atoms with van der Waals surface area (Å²) in [4.78, 5) is 62.6. The lowest BCUT2D eigenvalue weighted by molar-refractivity contribution is -0.139. The number of thioether (sulfide) groups is 1. The van der Waals surface area contributed by atoms with Crippen LogP contribution in [0, 0.1) is 0 Å². The van der Waals surface area contributed by atoms with Crippen LogP contribution in [0.15, 0.2) is 22.4 Å². The zero-order chi connectivity index (χ0) is 19.8. The molecule has 142 valence electrons. The van der Waals surface area contributed by atoms with Crippen LogP contribution in [0.25, 0.3) is 6.08 Å². The van der Waals surface area contributed by atoms with Crippen molar-refractivity contribution in [1.29, 1.82) is 0 Å². The average Bonchev–Trinajstić information content (AvgIpc) is 3.28. The first-order valence-electron chi connectivity index (χ1n) is 8.00. The summed E-state index contributed by atoms with van der Waals surface area (Å²) in [6, 6.07) is 2.86. The molecule has 0 aromatic carbocycles. The van der Waals surface area contributed by atoms with E-state index in [1.807, 2.05) is 11.4 Å². The molecule has 11 heteroatoms. The molecule has 0 aliphatic carbocycles. The highest BCUT2D eigenvalue weighted by Gasteiger charge is 2.48. The number of hydrogen-bond acceptors (Lipinski definition) is 7. The van der Waals surface area contributed by atoms with E-state index in [1.165, 1.54) is 11.3 Å². The lowest BCUT2D eigenvalue weighted by Crippen LogP contribution is -2.51. The highest BCUT2D eigenvalue weighted by atomic mass is 32.2. The second kappa shape index (κ2) is 7.16. The van der Waals surface area contributed by atoms with Gasteiger partial charge in [-0.3, -0.25) is 29.5 Å². The number of amides is 6. The summed E-state index contributed by atoms with van der Waals surface area (Å²) in [5, 5.41) is 4.32. The number of imide groups is 2. The summed E-state index contributed by atoms with van der Waals surface area (Å²) in [5.74, 6) is -2.02. The number of carbonyl (C=O) groups excluding carboxylic acids is 5. The number of nitrogens with one attached hydrogen (secondary N) is 2. The van der Waals surface area contributed by atoms with Crippen molar-refractivity contribution in [3.05, 3.63) is 27.3 Å². The molecule has 0 saturated carbocycles. The minimum absolute atomic E-state index is 0.212. The number of hydrogen-bond donors (Lipinski definition) is 2. The smallest absolute Gasteiger partial charge is 0.322 e. The lowest BCUT2D eigenvalue weighted by Gasteiger charge is -2.20. The van der Waals surface area contributed by atoms with Crippen LogP contribution in [0.1, 0.15) is 25.1 Å². The van der Waals surface area contributed by atoms with Gasteiger partial charge in [0.15, 0.2) is 0 Å². The van der Waals surface area contributed by atoms with Gasteiger partial charge in [-0.2, -0.15) is 5.01 Å². The van der Waals surface area contributed by atoms with Gasteiger partial charge in [0, 0.05) is 4.88 Å². The number of carbonyl (C=O) groups is 5. The maximum absolute atomic E-state index is 12.4. The monoisotopic (exact) mass is 408 g/mol. The van der Waals surface area contributed by atoms with Crippen molar-refractivity contribution in [1.82, 2.24) is 20.7 Å². The van der Waals surface area contributed by atoms with E-state index in [9.17, 15) is 24.0 Å². The van der Waals surface area contributed by atoms with Gasteiger partial charge in [0.2, 0.25) is 0 Å². The maximum Gasteiger partial charge on any atom is 0.344 e. The molecule has 2 N–H and O–H groups in total. The van der Waals surface area contributed by atoms with E-state index in [0.717, 1.165) is 21.5 Å². The minimum Gasteiger partial charge on any atom is -0.322 e. The topological polar surface area (TPSA) is 116 Å². The molecule has 2 aliphatic heterocycles. The highest BCUT2D eigenvalue weighted by molar-refractivity contribution is 8.18. The van der Waals surface area contributed by atoms with Crippen LogP contribution in [0.5, 0.6) is 0 Å². The zero-order valence-corrected chi connectivity index (χ0v) is 16.1. The Bertz CT molecular complexity index is 866. The van der Waals surface area contributed by atoms with Gasteiger partial charge in [0.25, 0.3) is 23.0 Å². The Labute approximate surface area is 162 Å². The quantitative estimate of drug-likeness (QED) is 0.564. The zero-order valence-electron chi connectivity index (χ0n) is 14.5. The third-order valence-electron chi connectivity index (χ3n) is 4.20. The molecule has 6 amide bonds. The molecule has 3 heterocycles. The molecule has 0 radical (unpaired) electrons. The van der Waals surface area contributed by atoms with Gasteiger partial charge in [-0.1, -0.05) is 13.0 Å². The maximum atomic E-state index is 12.4. The molecule has 0 bridgehead atoms. The van der Waals surface area contributed by atoms with Crippen molar-refractivity contribution in [3.8, 4) is 0 Å². The average molecular weight is 408 g/mol. The SMILES string of the molecule is CC[C@@]1(C)NC(=O)N(NC(=O)CN2C(=O)S/C(=C/c3cccs3)C2=O)C1=O. The number of hydrazine groups is 1. The van der Waals surface area contributed by atoms with Crippen LogP contribution in [0.3, 0.4) is 0 Å². The fraction of sp³-hybridized carbons (Fsp3) is 0.312. The number of rotatable bonds is 5. The predicted molar refractivity (Wildman–Crippen MR) is 99.2 cm³/mol. The summed E-state index contributed by atoms with van der Waals surface area (Å²) >= 11 is 2.15. The van der Waals surface area contributed by atoms with Crippen molar-refractivity contribution in [3.63, 3.8) is 0 Å². The predicted octanol–water partition coefficient (Wildman–Crippen LogP) is 1.54. The van der Waals surface area contributed by atoms with Crippen molar-refractivity contribution >= 4 is 58.2 Å². The summed E-state index contributed by atoms with van der Waals surface area (Å²) < 4.78 is 0. The largest absolute Gasteiger partial charge is 0.344 e. The molecule has 2 aliphatic rings. The Morgan fingerprint density at radius 2 is 2.07 bits per heavy atom. The summed E-state index contributed by atoms with van der Waals surface area (Å²) in [5.41, 5.74) is 1.06. The summed E-state index contributed by atoms with van der Waals surface area (Å²) in [6.07, 6.45) is 1.93. The van der Waals surface area contributed by atoms with E-state index >= 15 is 0 Å². The Balaban J connectivity index is 1.66. The van der Waals surface area contributed by atoms with Gasteiger partial charge in [-0.25, -0.2) is 4.79 Å². The molecular weight excluding hydrogens is 392 g/mol. The first-order valence-corrected chi connectivity index (χ1v) is 9.70. The van der Waals surface area contributed by atoms with Gasteiger partial charge in [-0.15, -0.1) is 11.3 Å². The summed E-state index contributed by atoms with van der Waals surface area (Å²) in [6.45, 7) is 2.68. The molecule has 3 rings (SSSR count). The van der Waals surface area contributed by atoms with E-state index in [0.29, 0.717) is 11.4 Å². The van der Waals surface area contributed by atoms with Crippen LogP contribution in [0.4, 0.5) is 9.59 Å². The molecule has 1 aromatic rings. The Hall–Kier alpha value is -2.66. The standard InChI is InChI=1S/C16H16N4O5S2/c1-3-16(2)13(23)20(14(24)17-16)18-11(21)8-19-12(22)10(27-15(19)25)7-9-5-4-6-26-9/h4-7H,3,8H2,1-2H3,(H,17,24)(H,18,21)/b10-7+/t16-/m1/s1. The third kappa shape index (κ3) is 3.60. The van der Waals surface area contributed by atoms with E-state index in [1.54, 1.807) is 26.0 Å². The van der Waals surface area contributed by atoms with E-state index in [2.05, 4.69) is 10.7 Å². The number of thiophene rings is 1. The van der Waals surface area contributed by atoms with Crippen molar-refractivity contribution < 1.29 is 24.0 Å². The molecule has 9 nitrogen and oxygen atoms in total. The number of nitrogens with zero attached hydrogens (tertiary/aromatic N) is 2. The van der Waals surface area contributed by atoms with Crippen LogP contribution < -0.4 is 10.7 Å². The van der Waals surface area contributed by atoms with E-state index in [4.69, 9.17) is 0 Å². The van der Waals surface area contributed by atoms with Crippen molar-refractivity contribution in [2.24, 2.45) is 0 Å². The molecule has 2 fully saturated rings.